The molecule has 2 heterocycles. The molecule has 0 saturated carbocycles. The Hall–Kier alpha value is -3.08. The van der Waals surface area contributed by atoms with Crippen molar-refractivity contribution in [2.24, 2.45) is 5.92 Å². The third-order valence-corrected chi connectivity index (χ3v) is 5.39. The van der Waals surface area contributed by atoms with Crippen LogP contribution in [-0.4, -0.2) is 15.7 Å². The predicted molar refractivity (Wildman–Crippen MR) is 113 cm³/mol. The monoisotopic (exact) mass is 389 g/mol. The first-order chi connectivity index (χ1) is 13.9. The van der Waals surface area contributed by atoms with Gasteiger partial charge in [-0.1, -0.05) is 50.2 Å². The number of para-hydroxylation sites is 2. The van der Waals surface area contributed by atoms with E-state index >= 15 is 0 Å². The Bertz CT molecular complexity index is 1010. The quantitative estimate of drug-likeness (QED) is 0.687. The lowest BCUT2D eigenvalue weighted by atomic mass is 9.94. The van der Waals surface area contributed by atoms with Crippen LogP contribution in [0.25, 0.3) is 0 Å². The van der Waals surface area contributed by atoms with E-state index in [2.05, 4.69) is 24.3 Å². The van der Waals surface area contributed by atoms with Crippen LogP contribution in [0.1, 0.15) is 48.0 Å². The van der Waals surface area contributed by atoms with Gasteiger partial charge in [0.1, 0.15) is 11.5 Å². The topological polar surface area (TPSA) is 56.2 Å². The normalized spacial score (nSPS) is 13.0. The van der Waals surface area contributed by atoms with Gasteiger partial charge in [0.25, 0.3) is 0 Å². The molecule has 0 unspecified atom stereocenters. The van der Waals surface area contributed by atoms with Gasteiger partial charge in [-0.15, -0.1) is 0 Å². The molecule has 0 spiro atoms. The Kier molecular flexibility index (Phi) is 5.14. The molecular weight excluding hydrogens is 362 g/mol. The van der Waals surface area contributed by atoms with Gasteiger partial charge in [0.2, 0.25) is 5.91 Å². The molecule has 0 atom stereocenters. The molecule has 150 valence electrons. The number of carbonyl (C=O) groups excluding carboxylic acids is 1. The number of amides is 1. The van der Waals surface area contributed by atoms with E-state index < -0.39 is 0 Å². The van der Waals surface area contributed by atoms with E-state index in [-0.39, 0.29) is 11.9 Å². The van der Waals surface area contributed by atoms with E-state index in [1.165, 1.54) is 0 Å². The first-order valence-electron chi connectivity index (χ1n) is 10.1. The zero-order valence-electron chi connectivity index (χ0n) is 17.4. The fraction of sp³-hybridized carbons (Fsp3) is 0.333. The molecule has 1 aromatic heterocycles. The molecular formula is C24H27N3O2. The summed E-state index contributed by atoms with van der Waals surface area (Å²) < 4.78 is 8.04. The van der Waals surface area contributed by atoms with Gasteiger partial charge in [0, 0.05) is 28.9 Å². The number of nitrogens with one attached hydrogen (secondary N) is 1. The van der Waals surface area contributed by atoms with Gasteiger partial charge in [-0.05, 0) is 31.9 Å². The Morgan fingerprint density at radius 1 is 1.07 bits per heavy atom. The summed E-state index contributed by atoms with van der Waals surface area (Å²) in [5, 5.41) is 7.87. The van der Waals surface area contributed by atoms with E-state index in [1.54, 1.807) is 0 Å². The number of carbonyl (C=O) groups is 1. The van der Waals surface area contributed by atoms with Crippen LogP contribution in [0.5, 0.6) is 11.5 Å². The molecule has 1 N–H and O–H groups in total. The number of aryl methyl sites for hydroxylation is 1. The van der Waals surface area contributed by atoms with Crippen molar-refractivity contribution in [3.8, 4) is 11.5 Å². The summed E-state index contributed by atoms with van der Waals surface area (Å²) in [7, 11) is 0. The fourth-order valence-electron chi connectivity index (χ4n) is 3.95. The molecule has 2 aromatic carbocycles. The van der Waals surface area contributed by atoms with Gasteiger partial charge < -0.3 is 10.1 Å². The first kappa shape index (κ1) is 19.2. The van der Waals surface area contributed by atoms with Crippen molar-refractivity contribution in [1.29, 1.82) is 0 Å². The van der Waals surface area contributed by atoms with E-state index in [0.717, 1.165) is 46.1 Å². The van der Waals surface area contributed by atoms with Crippen molar-refractivity contribution in [3.05, 3.63) is 76.6 Å². The van der Waals surface area contributed by atoms with E-state index in [1.807, 2.05) is 67.1 Å². The summed E-state index contributed by atoms with van der Waals surface area (Å²) in [6.07, 6.45) is 0.317. The zero-order valence-corrected chi connectivity index (χ0v) is 17.4. The number of hydrogen-bond donors (Lipinski definition) is 1. The van der Waals surface area contributed by atoms with Crippen molar-refractivity contribution in [2.45, 2.75) is 46.7 Å². The number of fused-ring (bicyclic) bond motifs is 2. The molecule has 0 saturated heterocycles. The van der Waals surface area contributed by atoms with Crippen LogP contribution in [0, 0.1) is 19.8 Å². The molecule has 1 aliphatic heterocycles. The number of nitrogens with zero attached hydrogens (tertiary/aromatic N) is 2. The van der Waals surface area contributed by atoms with Crippen LogP contribution < -0.4 is 10.1 Å². The van der Waals surface area contributed by atoms with Crippen LogP contribution in [0.3, 0.4) is 0 Å². The van der Waals surface area contributed by atoms with Crippen LogP contribution in [0.4, 0.5) is 0 Å². The summed E-state index contributed by atoms with van der Waals surface area (Å²) in [6.45, 7) is 9.22. The van der Waals surface area contributed by atoms with E-state index in [4.69, 9.17) is 4.74 Å². The van der Waals surface area contributed by atoms with Crippen LogP contribution in [-0.2, 0) is 17.8 Å². The summed E-state index contributed by atoms with van der Waals surface area (Å²) in [5.41, 5.74) is 4.95. The zero-order chi connectivity index (χ0) is 20.5. The number of ether oxygens (including phenoxy) is 1. The molecule has 5 heteroatoms. The largest absolute Gasteiger partial charge is 0.457 e. The van der Waals surface area contributed by atoms with Gasteiger partial charge in [0.15, 0.2) is 0 Å². The summed E-state index contributed by atoms with van der Waals surface area (Å²) in [5.74, 6) is 2.06. The molecule has 0 fully saturated rings. The maximum Gasteiger partial charge on any atom is 0.225 e. The SMILES string of the molecule is Cc1nn(CC(C)C)c(C)c1CC(=O)NC1c2ccccc2Oc2ccccc21. The van der Waals surface area contributed by atoms with Crippen molar-refractivity contribution in [2.75, 3.05) is 0 Å². The van der Waals surface area contributed by atoms with Crippen LogP contribution >= 0.6 is 0 Å². The minimum atomic E-state index is -0.227. The minimum absolute atomic E-state index is 0.0168. The lowest BCUT2D eigenvalue weighted by Crippen LogP contribution is -2.32. The van der Waals surface area contributed by atoms with Gasteiger partial charge >= 0.3 is 0 Å². The van der Waals surface area contributed by atoms with Crippen molar-refractivity contribution in [3.63, 3.8) is 0 Å². The fourth-order valence-corrected chi connectivity index (χ4v) is 3.95. The molecule has 4 rings (SSSR count). The highest BCUT2D eigenvalue weighted by Gasteiger charge is 2.28. The summed E-state index contributed by atoms with van der Waals surface area (Å²) >= 11 is 0. The highest BCUT2D eigenvalue weighted by molar-refractivity contribution is 5.80. The van der Waals surface area contributed by atoms with E-state index in [0.29, 0.717) is 12.3 Å². The molecule has 1 aliphatic rings. The van der Waals surface area contributed by atoms with Gasteiger partial charge in [-0.3, -0.25) is 9.48 Å². The number of hydrogen-bond acceptors (Lipinski definition) is 3. The minimum Gasteiger partial charge on any atom is -0.457 e. The average molecular weight is 389 g/mol. The van der Waals surface area contributed by atoms with Gasteiger partial charge in [0.05, 0.1) is 18.2 Å². The molecule has 0 bridgehead atoms. The smallest absolute Gasteiger partial charge is 0.225 e. The highest BCUT2D eigenvalue weighted by atomic mass is 16.5. The maximum absolute atomic E-state index is 13.0. The highest BCUT2D eigenvalue weighted by Crippen LogP contribution is 2.42. The Labute approximate surface area is 171 Å². The standard InChI is InChI=1S/C24H27N3O2/c1-15(2)14-27-17(4)20(16(3)26-27)13-23(28)25-24-18-9-5-7-11-21(18)29-22-12-8-6-10-19(22)24/h5-12,15,24H,13-14H2,1-4H3,(H,25,28). The van der Waals surface area contributed by atoms with Crippen LogP contribution in [0.2, 0.25) is 0 Å². The first-order valence-corrected chi connectivity index (χ1v) is 10.1. The van der Waals surface area contributed by atoms with Crippen molar-refractivity contribution < 1.29 is 9.53 Å². The number of aromatic nitrogens is 2. The van der Waals surface area contributed by atoms with E-state index in [9.17, 15) is 4.79 Å². The molecule has 0 radical (unpaired) electrons. The third kappa shape index (κ3) is 3.77. The summed E-state index contributed by atoms with van der Waals surface area (Å²) in [4.78, 5) is 13.0. The second-order valence-corrected chi connectivity index (χ2v) is 8.08. The maximum atomic E-state index is 13.0. The van der Waals surface area contributed by atoms with Crippen molar-refractivity contribution >= 4 is 5.91 Å². The second kappa shape index (κ2) is 7.74. The summed E-state index contributed by atoms with van der Waals surface area (Å²) in [6, 6.07) is 15.5. The molecule has 3 aromatic rings. The Morgan fingerprint density at radius 2 is 1.66 bits per heavy atom. The van der Waals surface area contributed by atoms with Crippen molar-refractivity contribution in [1.82, 2.24) is 15.1 Å². The van der Waals surface area contributed by atoms with Gasteiger partial charge in [-0.2, -0.15) is 5.10 Å². The predicted octanol–water partition coefficient (Wildman–Crippen LogP) is 4.71. The average Bonchev–Trinajstić information content (AvgIpc) is 2.94. The molecule has 1 amide bonds. The lowest BCUT2D eigenvalue weighted by Gasteiger charge is -2.28. The third-order valence-electron chi connectivity index (χ3n) is 5.39. The second-order valence-electron chi connectivity index (χ2n) is 8.08. The molecule has 5 nitrogen and oxygen atoms in total. The Morgan fingerprint density at radius 3 is 2.24 bits per heavy atom. The number of benzene rings is 2. The lowest BCUT2D eigenvalue weighted by molar-refractivity contribution is -0.121. The van der Waals surface area contributed by atoms with Crippen LogP contribution in [0.15, 0.2) is 48.5 Å². The van der Waals surface area contributed by atoms with Gasteiger partial charge in [-0.25, -0.2) is 0 Å². The number of rotatable bonds is 5. The Balaban J connectivity index is 1.59. The molecule has 29 heavy (non-hydrogen) atoms. The molecule has 0 aliphatic carbocycles.